The Morgan fingerprint density at radius 2 is 1.48 bits per heavy atom. The second kappa shape index (κ2) is 11.7. The van der Waals surface area contributed by atoms with Crippen molar-refractivity contribution in [1.82, 2.24) is 4.98 Å². The zero-order valence-electron chi connectivity index (χ0n) is 33.4. The third-order valence-corrected chi connectivity index (χ3v) is 16.8. The molecule has 282 valence electrons. The molecule has 1 amide bonds. The van der Waals surface area contributed by atoms with Gasteiger partial charge in [-0.25, -0.2) is 4.79 Å². The van der Waals surface area contributed by atoms with E-state index in [1.54, 1.807) is 11.6 Å². The van der Waals surface area contributed by atoms with E-state index < -0.39 is 11.4 Å². The number of aromatic carboxylic acids is 1. The number of carboxylic acids is 1. The number of aromatic amines is 1. The molecular formula is C49H58N2O3. The van der Waals surface area contributed by atoms with Crippen LogP contribution in [0, 0.1) is 44.8 Å². The van der Waals surface area contributed by atoms with Crippen molar-refractivity contribution in [2.24, 2.45) is 44.8 Å². The maximum atomic E-state index is 14.8. The van der Waals surface area contributed by atoms with E-state index in [4.69, 9.17) is 0 Å². The van der Waals surface area contributed by atoms with Gasteiger partial charge in [-0.15, -0.1) is 0 Å². The van der Waals surface area contributed by atoms with Gasteiger partial charge in [-0.05, 0) is 138 Å². The number of nitrogens with one attached hydrogen (secondary N) is 2. The van der Waals surface area contributed by atoms with Crippen LogP contribution in [0.25, 0.3) is 22.0 Å². The molecule has 0 bridgehead atoms. The number of aromatic nitrogens is 1. The lowest BCUT2D eigenvalue weighted by atomic mass is 9.33. The average molecular weight is 723 g/mol. The fraction of sp³-hybridized carbons (Fsp3) is 0.510. The van der Waals surface area contributed by atoms with Crippen molar-refractivity contribution < 1.29 is 14.7 Å². The van der Waals surface area contributed by atoms with Gasteiger partial charge in [0.05, 0.1) is 11.0 Å². The number of carboxylic acid groups (broad SMARTS) is 1. The number of fused-ring (bicyclic) bond motifs is 10. The molecule has 0 radical (unpaired) electrons. The zero-order valence-corrected chi connectivity index (χ0v) is 33.4. The van der Waals surface area contributed by atoms with Crippen LogP contribution in [0.15, 0.2) is 84.4 Å². The third-order valence-electron chi connectivity index (χ3n) is 16.8. The first-order valence-electron chi connectivity index (χ1n) is 20.6. The number of H-pyrrole nitrogens is 1. The predicted octanol–water partition coefficient (Wildman–Crippen LogP) is 12.0. The van der Waals surface area contributed by atoms with Crippen molar-refractivity contribution >= 4 is 28.5 Å². The monoisotopic (exact) mass is 722 g/mol. The molecule has 5 aliphatic carbocycles. The molecule has 4 aromatic rings. The Kier molecular flexibility index (Phi) is 7.71. The highest BCUT2D eigenvalue weighted by molar-refractivity contribution is 6.05. The van der Waals surface area contributed by atoms with Gasteiger partial charge in [0.25, 0.3) is 0 Å². The number of carbonyl (C=O) groups is 2. The lowest BCUT2D eigenvalue weighted by Gasteiger charge is -2.70. The molecule has 0 aliphatic heterocycles. The molecule has 9 rings (SSSR count). The molecule has 0 spiro atoms. The minimum absolute atomic E-state index is 0.00105. The van der Waals surface area contributed by atoms with Crippen molar-refractivity contribution in [1.29, 1.82) is 0 Å². The Bertz CT molecular complexity index is 2210. The van der Waals surface area contributed by atoms with Gasteiger partial charge in [0, 0.05) is 27.7 Å². The Morgan fingerprint density at radius 3 is 2.20 bits per heavy atom. The van der Waals surface area contributed by atoms with Gasteiger partial charge in [0.15, 0.2) is 0 Å². The van der Waals surface area contributed by atoms with Gasteiger partial charge >= 0.3 is 5.97 Å². The quantitative estimate of drug-likeness (QED) is 0.183. The number of rotatable bonds is 4. The minimum atomic E-state index is -0.854. The van der Waals surface area contributed by atoms with Crippen LogP contribution in [0.5, 0.6) is 0 Å². The predicted molar refractivity (Wildman–Crippen MR) is 219 cm³/mol. The molecular weight excluding hydrogens is 665 g/mol. The van der Waals surface area contributed by atoms with Crippen molar-refractivity contribution in [3.63, 3.8) is 0 Å². The number of allylic oxidation sites excluding steroid dienone is 2. The topological polar surface area (TPSA) is 82.2 Å². The summed E-state index contributed by atoms with van der Waals surface area (Å²) in [6, 6.07) is 24.5. The number of hydrogen-bond acceptors (Lipinski definition) is 2. The summed E-state index contributed by atoms with van der Waals surface area (Å²) in [6.07, 6.45) is 11.8. The number of benzene rings is 3. The molecule has 54 heavy (non-hydrogen) atoms. The third kappa shape index (κ3) is 4.81. The van der Waals surface area contributed by atoms with Crippen LogP contribution in [-0.2, 0) is 16.6 Å². The molecule has 3 fully saturated rings. The summed E-state index contributed by atoms with van der Waals surface area (Å²) in [7, 11) is 0. The van der Waals surface area contributed by atoms with Gasteiger partial charge in [-0.1, -0.05) is 109 Å². The highest BCUT2D eigenvalue weighted by Crippen LogP contribution is 2.75. The summed E-state index contributed by atoms with van der Waals surface area (Å²) in [6.45, 7) is 17.4. The largest absolute Gasteiger partial charge is 0.478 e. The summed E-state index contributed by atoms with van der Waals surface area (Å²) >= 11 is 0. The van der Waals surface area contributed by atoms with Crippen molar-refractivity contribution in [3.8, 4) is 11.1 Å². The fourth-order valence-electron chi connectivity index (χ4n) is 13.9. The van der Waals surface area contributed by atoms with Crippen LogP contribution in [0.4, 0.5) is 5.69 Å². The van der Waals surface area contributed by atoms with Crippen molar-refractivity contribution in [2.75, 3.05) is 5.32 Å². The highest BCUT2D eigenvalue weighted by atomic mass is 16.4. The Balaban J connectivity index is 1.08. The van der Waals surface area contributed by atoms with E-state index in [1.165, 1.54) is 23.2 Å². The Labute approximate surface area is 321 Å². The second-order valence-corrected chi connectivity index (χ2v) is 20.2. The van der Waals surface area contributed by atoms with E-state index in [9.17, 15) is 14.7 Å². The van der Waals surface area contributed by atoms with E-state index in [0.717, 1.165) is 73.5 Å². The molecule has 0 unspecified atom stereocenters. The molecule has 7 atom stereocenters. The van der Waals surface area contributed by atoms with E-state index in [-0.39, 0.29) is 38.9 Å². The van der Waals surface area contributed by atoms with Crippen molar-refractivity contribution in [2.45, 2.75) is 112 Å². The lowest BCUT2D eigenvalue weighted by molar-refractivity contribution is -0.165. The summed E-state index contributed by atoms with van der Waals surface area (Å²) in [5.74, 6) is 0.497. The maximum Gasteiger partial charge on any atom is 0.336 e. The smallest absolute Gasteiger partial charge is 0.336 e. The molecule has 5 nitrogen and oxygen atoms in total. The molecule has 1 aromatic heterocycles. The van der Waals surface area contributed by atoms with E-state index in [0.29, 0.717) is 17.4 Å². The summed E-state index contributed by atoms with van der Waals surface area (Å²) in [4.78, 5) is 31.1. The highest BCUT2D eigenvalue weighted by Gasteiger charge is 2.69. The number of hydrogen-bond donors (Lipinski definition) is 3. The van der Waals surface area contributed by atoms with Crippen LogP contribution < -0.4 is 5.32 Å². The van der Waals surface area contributed by atoms with Gasteiger partial charge in [0.2, 0.25) is 5.91 Å². The molecule has 1 heterocycles. The van der Waals surface area contributed by atoms with Gasteiger partial charge in [0.1, 0.15) is 0 Å². The molecule has 3 N–H and O–H groups in total. The first kappa shape index (κ1) is 35.6. The first-order chi connectivity index (χ1) is 25.5. The van der Waals surface area contributed by atoms with Crippen LogP contribution in [0.1, 0.15) is 121 Å². The summed E-state index contributed by atoms with van der Waals surface area (Å²) in [5.41, 5.74) is 8.29. The van der Waals surface area contributed by atoms with Crippen LogP contribution in [0.3, 0.4) is 0 Å². The Morgan fingerprint density at radius 1 is 0.778 bits per heavy atom. The van der Waals surface area contributed by atoms with Gasteiger partial charge in [-0.3, -0.25) is 4.79 Å². The van der Waals surface area contributed by atoms with E-state index in [2.05, 4.69) is 119 Å². The minimum Gasteiger partial charge on any atom is -0.478 e. The number of amides is 1. The average Bonchev–Trinajstić information content (AvgIpc) is 3.51. The van der Waals surface area contributed by atoms with Crippen LogP contribution in [0.2, 0.25) is 0 Å². The van der Waals surface area contributed by atoms with Crippen LogP contribution >= 0.6 is 0 Å². The summed E-state index contributed by atoms with van der Waals surface area (Å²) in [5, 5.41) is 14.7. The lowest BCUT2D eigenvalue weighted by Crippen LogP contribution is -2.65. The number of carbonyl (C=O) groups excluding carboxylic acids is 1. The maximum absolute atomic E-state index is 14.8. The SMILES string of the molecule is CC1(C)CC[C@]2(C(=O)Nc3ccc(-c4ccccc4)cc3)CC[C@]3(C)C(=CC[C@@H]4[C@@]5(C)Cc6c([nH]c7cccc(C(=O)O)c67)C(C)(C)[C@@H]5CC[C@]43C)[C@@H]2C1. The normalized spacial score (nSPS) is 34.6. The molecule has 0 saturated heterocycles. The van der Waals surface area contributed by atoms with Gasteiger partial charge in [-0.2, -0.15) is 0 Å². The number of anilines is 1. The van der Waals surface area contributed by atoms with E-state index >= 15 is 0 Å². The van der Waals surface area contributed by atoms with Crippen LogP contribution in [-0.4, -0.2) is 22.0 Å². The molecule has 3 aromatic carbocycles. The molecule has 5 aliphatic rings. The standard InChI is InChI=1S/C49H58N2O3/c1-44(2)24-26-49(43(54)50-32-18-16-31(17-19-32)30-12-9-8-10-13-30)27-25-47(6)35(36(49)29-44)20-21-39-46(5)28-34-40-33(42(52)53)14-11-15-37(40)51-41(34)45(3,4)38(46)22-23-48(39,47)7/h8-20,36,38-39,51H,21-29H2,1-7H3,(H,50,54)(H,52,53)/t36-,38-,39+,46-,47+,48+,49-/m0/s1. The molecule has 5 heteroatoms. The summed E-state index contributed by atoms with van der Waals surface area (Å²) < 4.78 is 0. The molecule has 3 saturated carbocycles. The van der Waals surface area contributed by atoms with Gasteiger partial charge < -0.3 is 15.4 Å². The Hall–Kier alpha value is -4.12. The van der Waals surface area contributed by atoms with Crippen molar-refractivity contribution in [3.05, 3.63) is 101 Å². The van der Waals surface area contributed by atoms with E-state index in [1.807, 2.05) is 12.1 Å². The fourth-order valence-corrected chi connectivity index (χ4v) is 13.9. The first-order valence-corrected chi connectivity index (χ1v) is 20.6. The second-order valence-electron chi connectivity index (χ2n) is 20.2. The zero-order chi connectivity index (χ0) is 38.1.